The molecule has 0 aromatic heterocycles. The average molecular weight is 421 g/mol. The molecular weight excluding hydrogens is 402 g/mol. The maximum absolute atomic E-state index is 11.2. The molecule has 13 nitrogen and oxygen atoms in total. The van der Waals surface area contributed by atoms with Gasteiger partial charge in [-0.25, -0.2) is 4.79 Å². The molecule has 2 aromatic rings. The summed E-state index contributed by atoms with van der Waals surface area (Å²) in [5.74, 6) is -0.604. The first-order chi connectivity index (χ1) is 14.0. The van der Waals surface area contributed by atoms with Crippen molar-refractivity contribution in [2.24, 2.45) is 0 Å². The molecule has 0 saturated carbocycles. The summed E-state index contributed by atoms with van der Waals surface area (Å²) in [6.45, 7) is 3.19. The summed E-state index contributed by atoms with van der Waals surface area (Å²) in [5.41, 5.74) is 5.99. The number of ether oxygens (including phenoxy) is 1. The lowest BCUT2D eigenvalue weighted by Crippen LogP contribution is -2.27. The van der Waals surface area contributed by atoms with Crippen molar-refractivity contribution in [3.63, 3.8) is 0 Å². The van der Waals surface area contributed by atoms with Gasteiger partial charge in [0.2, 0.25) is 0 Å². The van der Waals surface area contributed by atoms with Crippen molar-refractivity contribution in [3.8, 4) is 0 Å². The molecule has 0 amide bonds. The number of nitrogens with zero attached hydrogens (tertiary/aromatic N) is 3. The number of nitro groups is 3. The van der Waals surface area contributed by atoms with Crippen molar-refractivity contribution in [1.29, 1.82) is 0 Å². The number of hydrogen-bond acceptors (Lipinski definition) is 10. The number of benzene rings is 2. The first-order valence-corrected chi connectivity index (χ1v) is 8.25. The zero-order valence-corrected chi connectivity index (χ0v) is 16.2. The molecule has 0 radical (unpaired) electrons. The van der Waals surface area contributed by atoms with Crippen LogP contribution in [0.1, 0.15) is 12.5 Å². The van der Waals surface area contributed by atoms with E-state index in [1.165, 1.54) is 38.3 Å². The van der Waals surface area contributed by atoms with E-state index in [4.69, 9.17) is 5.73 Å². The van der Waals surface area contributed by atoms with Crippen LogP contribution >= 0.6 is 0 Å². The maximum atomic E-state index is 11.2. The van der Waals surface area contributed by atoms with E-state index in [2.05, 4.69) is 10.1 Å². The van der Waals surface area contributed by atoms with Gasteiger partial charge in [0, 0.05) is 23.9 Å². The second kappa shape index (κ2) is 10.3. The number of nitrogen functional groups attached to an aromatic ring is 1. The fourth-order valence-electron chi connectivity index (χ4n) is 2.15. The van der Waals surface area contributed by atoms with Crippen LogP contribution in [-0.2, 0) is 9.53 Å². The van der Waals surface area contributed by atoms with E-state index >= 15 is 0 Å². The number of rotatable bonds is 6. The maximum Gasteiger partial charge on any atom is 0.327 e. The Hall–Kier alpha value is -4.29. The van der Waals surface area contributed by atoms with Crippen molar-refractivity contribution in [2.45, 2.75) is 19.9 Å². The average Bonchev–Trinajstić information content (AvgIpc) is 2.69. The van der Waals surface area contributed by atoms with Gasteiger partial charge >= 0.3 is 5.97 Å². The Bertz CT molecular complexity index is 979. The van der Waals surface area contributed by atoms with Crippen molar-refractivity contribution in [2.75, 3.05) is 18.2 Å². The molecular formula is C17H19N5O8. The van der Waals surface area contributed by atoms with Gasteiger partial charge in [0.15, 0.2) is 0 Å². The van der Waals surface area contributed by atoms with Crippen LogP contribution in [0.15, 0.2) is 36.4 Å². The van der Waals surface area contributed by atoms with Gasteiger partial charge in [-0.3, -0.25) is 30.3 Å². The van der Waals surface area contributed by atoms with Gasteiger partial charge < -0.3 is 15.8 Å². The van der Waals surface area contributed by atoms with Crippen molar-refractivity contribution in [3.05, 3.63) is 72.3 Å². The van der Waals surface area contributed by atoms with Gasteiger partial charge in [-0.15, -0.1) is 0 Å². The minimum absolute atomic E-state index is 0.00787. The SMILES string of the molecule is COC(=O)[C@@H](C)Nc1ccc([N+](=O)[O-])cc1[N+](=O)[O-].Cc1cc([N+](=O)[O-])ccc1N. The van der Waals surface area contributed by atoms with Gasteiger partial charge in [-0.1, -0.05) is 0 Å². The van der Waals surface area contributed by atoms with Crippen LogP contribution in [0, 0.1) is 37.3 Å². The fraction of sp³-hybridized carbons (Fsp3) is 0.235. The van der Waals surface area contributed by atoms with Gasteiger partial charge in [-0.2, -0.15) is 0 Å². The van der Waals surface area contributed by atoms with Crippen LogP contribution in [-0.4, -0.2) is 33.9 Å². The monoisotopic (exact) mass is 421 g/mol. The molecule has 2 rings (SSSR count). The Morgan fingerprint density at radius 1 is 1.00 bits per heavy atom. The lowest BCUT2D eigenvalue weighted by atomic mass is 10.2. The Morgan fingerprint density at radius 3 is 2.00 bits per heavy atom. The highest BCUT2D eigenvalue weighted by Gasteiger charge is 2.22. The third-order valence-electron chi connectivity index (χ3n) is 3.78. The number of esters is 1. The number of methoxy groups -OCH3 is 1. The molecule has 3 N–H and O–H groups in total. The Kier molecular flexibility index (Phi) is 8.16. The van der Waals surface area contributed by atoms with Gasteiger partial charge in [0.25, 0.3) is 17.1 Å². The smallest absolute Gasteiger partial charge is 0.327 e. The molecule has 0 bridgehead atoms. The third-order valence-corrected chi connectivity index (χ3v) is 3.78. The standard InChI is InChI=1S/C10H11N3O6.C7H8N2O2/c1-6(10(14)19-2)11-8-4-3-7(12(15)16)5-9(8)13(17)18;1-5-4-6(9(10)11)2-3-7(5)8/h3-6,11H,1-2H3;2-4H,8H2,1H3/t6-;/m1./s1. The predicted molar refractivity (Wildman–Crippen MR) is 107 cm³/mol. The van der Waals surface area contributed by atoms with Crippen LogP contribution in [0.2, 0.25) is 0 Å². The molecule has 0 aliphatic carbocycles. The molecule has 30 heavy (non-hydrogen) atoms. The molecule has 1 atom stereocenters. The zero-order chi connectivity index (χ0) is 23.0. The highest BCUT2D eigenvalue weighted by atomic mass is 16.6. The van der Waals surface area contributed by atoms with Crippen molar-refractivity contribution in [1.82, 2.24) is 0 Å². The van der Waals surface area contributed by atoms with Crippen molar-refractivity contribution < 1.29 is 24.3 Å². The highest BCUT2D eigenvalue weighted by Crippen LogP contribution is 2.29. The molecule has 13 heteroatoms. The van der Waals surface area contributed by atoms with E-state index < -0.39 is 38.2 Å². The molecule has 0 saturated heterocycles. The quantitative estimate of drug-likeness (QED) is 0.303. The number of hydrogen-bond donors (Lipinski definition) is 2. The molecule has 0 heterocycles. The normalized spacial score (nSPS) is 10.8. The van der Waals surface area contributed by atoms with Crippen LogP contribution in [0.5, 0.6) is 0 Å². The predicted octanol–water partition coefficient (Wildman–Crippen LogP) is 2.96. The molecule has 0 aliphatic rings. The van der Waals surface area contributed by atoms with Gasteiger partial charge in [-0.05, 0) is 31.5 Å². The fourth-order valence-corrected chi connectivity index (χ4v) is 2.15. The number of carbonyl (C=O) groups is 1. The summed E-state index contributed by atoms with van der Waals surface area (Å²) in [7, 11) is 1.19. The van der Waals surface area contributed by atoms with Crippen LogP contribution in [0.3, 0.4) is 0 Å². The van der Waals surface area contributed by atoms with Gasteiger partial charge in [0.1, 0.15) is 11.7 Å². The highest BCUT2D eigenvalue weighted by molar-refractivity contribution is 5.80. The minimum Gasteiger partial charge on any atom is -0.467 e. The molecule has 0 unspecified atom stereocenters. The summed E-state index contributed by atoms with van der Waals surface area (Å²) in [6.07, 6.45) is 0. The number of carbonyl (C=O) groups excluding carboxylic acids is 1. The second-order valence-corrected chi connectivity index (χ2v) is 5.90. The molecule has 0 spiro atoms. The topological polar surface area (TPSA) is 194 Å². The first-order valence-electron chi connectivity index (χ1n) is 8.25. The summed E-state index contributed by atoms with van der Waals surface area (Å²) >= 11 is 0. The number of aryl methyl sites for hydroxylation is 1. The second-order valence-electron chi connectivity index (χ2n) is 5.90. The summed E-state index contributed by atoms with van der Waals surface area (Å²) in [5, 5.41) is 34.2. The van der Waals surface area contributed by atoms with E-state index in [1.54, 1.807) is 6.92 Å². The first kappa shape index (κ1) is 23.7. The van der Waals surface area contributed by atoms with E-state index in [1.807, 2.05) is 0 Å². The van der Waals surface area contributed by atoms with Crippen LogP contribution in [0.25, 0.3) is 0 Å². The molecule has 2 aromatic carbocycles. The van der Waals surface area contributed by atoms with Crippen molar-refractivity contribution >= 4 is 34.4 Å². The lowest BCUT2D eigenvalue weighted by molar-refractivity contribution is -0.393. The Balaban J connectivity index is 0.000000346. The van der Waals surface area contributed by atoms with Crippen LogP contribution < -0.4 is 11.1 Å². The molecule has 0 fully saturated rings. The number of nitro benzene ring substituents is 3. The summed E-state index contributed by atoms with van der Waals surface area (Å²) < 4.78 is 4.47. The van der Waals surface area contributed by atoms with Gasteiger partial charge in [0.05, 0.1) is 27.9 Å². The molecule has 0 aliphatic heterocycles. The van der Waals surface area contributed by atoms with E-state index in [0.717, 1.165) is 17.7 Å². The number of non-ortho nitro benzene ring substituents is 2. The minimum atomic E-state index is -0.815. The van der Waals surface area contributed by atoms with E-state index in [-0.39, 0.29) is 11.4 Å². The summed E-state index contributed by atoms with van der Waals surface area (Å²) in [6, 6.07) is 6.68. The summed E-state index contributed by atoms with van der Waals surface area (Å²) in [4.78, 5) is 40.9. The van der Waals surface area contributed by atoms with E-state index in [9.17, 15) is 35.1 Å². The number of nitrogens with one attached hydrogen (secondary N) is 1. The Labute approximate surface area is 169 Å². The number of anilines is 2. The molecule has 160 valence electrons. The lowest BCUT2D eigenvalue weighted by Gasteiger charge is -2.12. The number of nitrogens with two attached hydrogens (primary N) is 1. The van der Waals surface area contributed by atoms with E-state index in [0.29, 0.717) is 5.69 Å². The Morgan fingerprint density at radius 2 is 1.53 bits per heavy atom. The van der Waals surface area contributed by atoms with Crippen LogP contribution in [0.4, 0.5) is 28.4 Å². The third kappa shape index (κ3) is 6.40. The zero-order valence-electron chi connectivity index (χ0n) is 16.2. The largest absolute Gasteiger partial charge is 0.467 e.